The lowest BCUT2D eigenvalue weighted by atomic mass is 9.53. The van der Waals surface area contributed by atoms with E-state index in [1.54, 1.807) is 6.92 Å². The van der Waals surface area contributed by atoms with Crippen LogP contribution in [0.15, 0.2) is 29.0 Å². The summed E-state index contributed by atoms with van der Waals surface area (Å²) in [7, 11) is 0. The number of ketones is 3. The van der Waals surface area contributed by atoms with Crippen LogP contribution in [0, 0.1) is 11.3 Å². The Morgan fingerprint density at radius 2 is 1.76 bits per heavy atom. The molecule has 8 nitrogen and oxygen atoms in total. The molecule has 5 rings (SSSR count). The Balaban J connectivity index is 1.68. The summed E-state index contributed by atoms with van der Waals surface area (Å²) < 4.78 is 0. The van der Waals surface area contributed by atoms with Crippen LogP contribution in [-0.2, 0) is 20.8 Å². The van der Waals surface area contributed by atoms with Crippen molar-refractivity contribution < 1.29 is 34.8 Å². The van der Waals surface area contributed by atoms with Gasteiger partial charge in [-0.2, -0.15) is 0 Å². The van der Waals surface area contributed by atoms with E-state index in [0.29, 0.717) is 17.7 Å². The van der Waals surface area contributed by atoms with Gasteiger partial charge in [-0.15, -0.1) is 0 Å². The Kier molecular flexibility index (Phi) is 4.95. The predicted octanol–water partition coefficient (Wildman–Crippen LogP) is 2.91. The van der Waals surface area contributed by atoms with Gasteiger partial charge in [0, 0.05) is 36.4 Å². The van der Waals surface area contributed by atoms with Crippen molar-refractivity contribution in [1.82, 2.24) is 0 Å². The van der Waals surface area contributed by atoms with Gasteiger partial charge in [0.25, 0.3) is 0 Å². The molecule has 8 heteroatoms. The zero-order valence-electron chi connectivity index (χ0n) is 19.3. The van der Waals surface area contributed by atoms with Gasteiger partial charge in [0.15, 0.2) is 17.2 Å². The summed E-state index contributed by atoms with van der Waals surface area (Å²) in [5.41, 5.74) is -2.64. The number of carbonyl (C=O) groups is 3. The van der Waals surface area contributed by atoms with E-state index in [4.69, 9.17) is 0 Å². The molecule has 0 aromatic heterocycles. The first-order chi connectivity index (χ1) is 16.0. The minimum Gasteiger partial charge on any atom is -0.508 e. The number of anilines is 1. The molecule has 0 radical (unpaired) electrons. The molecule has 1 aromatic rings. The first-order valence-corrected chi connectivity index (χ1v) is 11.8. The molecule has 3 aliphatic carbocycles. The zero-order valence-corrected chi connectivity index (χ0v) is 19.3. The van der Waals surface area contributed by atoms with E-state index in [1.807, 2.05) is 12.1 Å². The Bertz CT molecular complexity index is 1210. The predicted molar refractivity (Wildman–Crippen MR) is 124 cm³/mol. The average molecular weight is 468 g/mol. The highest BCUT2D eigenvalue weighted by atomic mass is 16.3. The Morgan fingerprint density at radius 1 is 1.09 bits per heavy atom. The first-order valence-electron chi connectivity index (χ1n) is 11.8. The summed E-state index contributed by atoms with van der Waals surface area (Å²) in [6, 6.07) is 3.68. The fraction of sp³-hybridized carbons (Fsp3) is 0.500. The second kappa shape index (κ2) is 7.43. The molecule has 4 aliphatic rings. The molecular weight excluding hydrogens is 438 g/mol. The third-order valence-electron chi connectivity index (χ3n) is 8.12. The monoisotopic (exact) mass is 467 g/mol. The Morgan fingerprint density at radius 3 is 2.41 bits per heavy atom. The lowest BCUT2D eigenvalue weighted by Crippen LogP contribution is -2.60. The molecule has 0 spiro atoms. The van der Waals surface area contributed by atoms with Crippen LogP contribution < -0.4 is 4.90 Å². The molecule has 2 fully saturated rings. The van der Waals surface area contributed by atoms with Crippen molar-refractivity contribution in [1.29, 1.82) is 0 Å². The Hall–Kier alpha value is -3.13. The maximum Gasteiger partial charge on any atom is 0.202 e. The fourth-order valence-electron chi connectivity index (χ4n) is 6.50. The highest BCUT2D eigenvalue weighted by Gasteiger charge is 2.63. The minimum absolute atomic E-state index is 0.0892. The highest BCUT2D eigenvalue weighted by molar-refractivity contribution is 6.23. The van der Waals surface area contributed by atoms with Gasteiger partial charge >= 0.3 is 0 Å². The lowest BCUT2D eigenvalue weighted by molar-refractivity contribution is -0.150. The van der Waals surface area contributed by atoms with Crippen molar-refractivity contribution in [3.8, 4) is 5.75 Å². The molecule has 180 valence electrons. The second-order valence-corrected chi connectivity index (χ2v) is 10.4. The molecule has 4 N–H and O–H groups in total. The van der Waals surface area contributed by atoms with E-state index in [9.17, 15) is 34.8 Å². The number of carbonyl (C=O) groups excluding carboxylic acids is 3. The first kappa shape index (κ1) is 22.7. The molecule has 1 saturated carbocycles. The van der Waals surface area contributed by atoms with Crippen LogP contribution in [0.4, 0.5) is 5.69 Å². The number of phenolic OH excluding ortho intramolecular Hbond substituents is 1. The van der Waals surface area contributed by atoms with E-state index in [1.165, 1.54) is 0 Å². The van der Waals surface area contributed by atoms with Gasteiger partial charge in [-0.1, -0.05) is 13.0 Å². The van der Waals surface area contributed by atoms with Crippen LogP contribution in [0.5, 0.6) is 5.75 Å². The van der Waals surface area contributed by atoms with Gasteiger partial charge < -0.3 is 25.3 Å². The van der Waals surface area contributed by atoms with Crippen molar-refractivity contribution in [2.24, 2.45) is 11.3 Å². The second-order valence-electron chi connectivity index (χ2n) is 10.4. The van der Waals surface area contributed by atoms with E-state index in [-0.39, 0.29) is 29.7 Å². The summed E-state index contributed by atoms with van der Waals surface area (Å²) in [6.07, 6.45) is 3.31. The maximum absolute atomic E-state index is 13.7. The van der Waals surface area contributed by atoms with E-state index < -0.39 is 51.4 Å². The van der Waals surface area contributed by atoms with Crippen LogP contribution in [0.3, 0.4) is 0 Å². The van der Waals surface area contributed by atoms with Crippen molar-refractivity contribution >= 4 is 28.8 Å². The number of rotatable bonds is 2. The average Bonchev–Trinajstić information content (AvgIpc) is 2.76. The van der Waals surface area contributed by atoms with E-state index >= 15 is 0 Å². The van der Waals surface area contributed by atoms with Gasteiger partial charge in [0.1, 0.15) is 22.8 Å². The third-order valence-corrected chi connectivity index (χ3v) is 8.12. The fourth-order valence-corrected chi connectivity index (χ4v) is 6.50. The van der Waals surface area contributed by atoms with Gasteiger partial charge in [-0.3, -0.25) is 14.4 Å². The number of aromatic hydroxyl groups is 1. The molecular formula is C26H29NO7. The normalized spacial score (nSPS) is 31.3. The number of nitrogens with zero attached hydrogens (tertiary/aromatic N) is 1. The molecule has 0 amide bonds. The van der Waals surface area contributed by atoms with Crippen molar-refractivity contribution in [3.05, 3.63) is 40.2 Å². The van der Waals surface area contributed by atoms with Gasteiger partial charge in [-0.05, 0) is 50.7 Å². The maximum atomic E-state index is 13.7. The number of piperidine rings is 1. The summed E-state index contributed by atoms with van der Waals surface area (Å²) >= 11 is 0. The van der Waals surface area contributed by atoms with Gasteiger partial charge in [0.2, 0.25) is 5.78 Å². The van der Waals surface area contributed by atoms with Crippen molar-refractivity contribution in [3.63, 3.8) is 0 Å². The number of benzene rings is 1. The zero-order chi connectivity index (χ0) is 24.6. The molecule has 3 atom stereocenters. The topological polar surface area (TPSA) is 135 Å². The van der Waals surface area contributed by atoms with Crippen molar-refractivity contribution in [2.45, 2.75) is 58.0 Å². The molecule has 0 unspecified atom stereocenters. The van der Waals surface area contributed by atoms with Crippen molar-refractivity contribution in [2.75, 3.05) is 18.0 Å². The quantitative estimate of drug-likeness (QED) is 0.488. The number of allylic oxidation sites excluding steroid dienone is 1. The van der Waals surface area contributed by atoms with Crippen LogP contribution in [0.2, 0.25) is 0 Å². The summed E-state index contributed by atoms with van der Waals surface area (Å²) in [5.74, 6) is -4.67. The smallest absolute Gasteiger partial charge is 0.202 e. The number of hydrogen-bond donors (Lipinski definition) is 4. The van der Waals surface area contributed by atoms with Crippen LogP contribution in [0.25, 0.3) is 5.76 Å². The number of aliphatic hydroxyl groups excluding tert-OH is 2. The van der Waals surface area contributed by atoms with Gasteiger partial charge in [0.05, 0.1) is 11.3 Å². The number of aliphatic hydroxyl groups is 3. The lowest BCUT2D eigenvalue weighted by Gasteiger charge is -2.50. The molecule has 0 bridgehead atoms. The van der Waals surface area contributed by atoms with Crippen LogP contribution in [-0.4, -0.2) is 56.5 Å². The number of phenols is 1. The van der Waals surface area contributed by atoms with Gasteiger partial charge in [-0.25, -0.2) is 0 Å². The summed E-state index contributed by atoms with van der Waals surface area (Å²) in [6.45, 7) is 4.43. The number of hydrogen-bond acceptors (Lipinski definition) is 8. The molecule has 34 heavy (non-hydrogen) atoms. The van der Waals surface area contributed by atoms with E-state index in [0.717, 1.165) is 39.3 Å². The number of Topliss-reactive ketones (excluding diaryl/α,β-unsaturated/α-hetero) is 3. The number of fused-ring (bicyclic) bond motifs is 3. The Labute approximate surface area is 197 Å². The summed E-state index contributed by atoms with van der Waals surface area (Å²) in [5, 5.41) is 44.7. The largest absolute Gasteiger partial charge is 0.508 e. The molecule has 1 saturated heterocycles. The van der Waals surface area contributed by atoms with Crippen LogP contribution in [0.1, 0.15) is 57.1 Å². The SMILES string of the molecule is CC(=O)C1=C(O)[C@@]2(O)C(=O)C3=C(O)c4c(ccc(N5CCCCC5)c4O)C[C@@]3(C)C[C@H]2CC1=O. The standard InChI is InChI=1S/C26H29NO7/c1-13(28)18-17(29)10-15-12-25(2)11-14-6-7-16(27-8-4-3-5-9-27)21(30)19(14)22(31)20(25)24(33)26(15,34)23(18)32/h6-7,15,30-32,34H,3-5,8-12H2,1-2H3/t15-,25+,26-/m1/s1. The molecule has 1 aliphatic heterocycles. The van der Waals surface area contributed by atoms with E-state index in [2.05, 4.69) is 4.90 Å². The molecule has 1 heterocycles. The minimum atomic E-state index is -2.48. The summed E-state index contributed by atoms with van der Waals surface area (Å²) in [4.78, 5) is 40.3. The van der Waals surface area contributed by atoms with Crippen LogP contribution >= 0.6 is 0 Å². The molecule has 1 aromatic carbocycles. The highest BCUT2D eigenvalue weighted by Crippen LogP contribution is 2.58. The third kappa shape index (κ3) is 2.90.